The molecule has 5 nitrogen and oxygen atoms in total. The van der Waals surface area contributed by atoms with Crippen molar-refractivity contribution in [3.05, 3.63) is 17.5 Å². The standard InChI is InChI=1S/C12H17F3N2O3/c1-3-20-11(18)9-7-16-17(2)10(9)8-19-6-4-5-12(13,14)15/h7H,3-6,8H2,1-2H3. The van der Waals surface area contributed by atoms with Crippen LogP contribution in [0, 0.1) is 0 Å². The third-order valence-corrected chi connectivity index (χ3v) is 2.54. The molecule has 1 aromatic heterocycles. The van der Waals surface area contributed by atoms with E-state index in [4.69, 9.17) is 9.47 Å². The lowest BCUT2D eigenvalue weighted by Gasteiger charge is -2.08. The Kier molecular flexibility index (Phi) is 6.00. The van der Waals surface area contributed by atoms with Gasteiger partial charge in [-0.2, -0.15) is 18.3 Å². The summed E-state index contributed by atoms with van der Waals surface area (Å²) in [6.07, 6.45) is -3.82. The van der Waals surface area contributed by atoms with Crippen LogP contribution in [0.1, 0.15) is 35.8 Å². The lowest BCUT2D eigenvalue weighted by molar-refractivity contribution is -0.138. The first-order valence-corrected chi connectivity index (χ1v) is 6.17. The highest BCUT2D eigenvalue weighted by atomic mass is 19.4. The fourth-order valence-corrected chi connectivity index (χ4v) is 1.56. The monoisotopic (exact) mass is 294 g/mol. The first-order chi connectivity index (χ1) is 9.35. The van der Waals surface area contributed by atoms with Gasteiger partial charge >= 0.3 is 12.1 Å². The van der Waals surface area contributed by atoms with Crippen molar-refractivity contribution in [1.82, 2.24) is 9.78 Å². The number of carbonyl (C=O) groups excluding carboxylic acids is 1. The average Bonchev–Trinajstić information content (AvgIpc) is 2.69. The molecular weight excluding hydrogens is 277 g/mol. The van der Waals surface area contributed by atoms with Crippen LogP contribution >= 0.6 is 0 Å². The van der Waals surface area contributed by atoms with Crippen molar-refractivity contribution in [2.45, 2.75) is 32.5 Å². The average molecular weight is 294 g/mol. The minimum Gasteiger partial charge on any atom is -0.462 e. The predicted octanol–water partition coefficient (Wildman–Crippen LogP) is 2.46. The Labute approximate surface area is 114 Å². The van der Waals surface area contributed by atoms with E-state index in [1.54, 1.807) is 14.0 Å². The second-order valence-electron chi connectivity index (χ2n) is 4.12. The van der Waals surface area contributed by atoms with Crippen LogP contribution < -0.4 is 0 Å². The highest BCUT2D eigenvalue weighted by Gasteiger charge is 2.26. The first kappa shape index (κ1) is 16.5. The second kappa shape index (κ2) is 7.28. The van der Waals surface area contributed by atoms with E-state index in [1.165, 1.54) is 10.9 Å². The van der Waals surface area contributed by atoms with Gasteiger partial charge in [0.1, 0.15) is 5.56 Å². The predicted molar refractivity (Wildman–Crippen MR) is 64.1 cm³/mol. The van der Waals surface area contributed by atoms with Crippen LogP contribution in [0.3, 0.4) is 0 Å². The number of hydrogen-bond acceptors (Lipinski definition) is 4. The molecule has 0 bridgehead atoms. The summed E-state index contributed by atoms with van der Waals surface area (Å²) in [6, 6.07) is 0. The van der Waals surface area contributed by atoms with Crippen LogP contribution in [0.25, 0.3) is 0 Å². The molecule has 1 aromatic rings. The van der Waals surface area contributed by atoms with Crippen molar-refractivity contribution in [2.24, 2.45) is 7.05 Å². The zero-order valence-corrected chi connectivity index (χ0v) is 11.4. The quantitative estimate of drug-likeness (QED) is 0.572. The molecule has 20 heavy (non-hydrogen) atoms. The molecule has 0 saturated carbocycles. The van der Waals surface area contributed by atoms with Gasteiger partial charge < -0.3 is 9.47 Å². The smallest absolute Gasteiger partial charge is 0.389 e. The topological polar surface area (TPSA) is 53.3 Å². The van der Waals surface area contributed by atoms with Crippen molar-refractivity contribution >= 4 is 5.97 Å². The molecule has 0 amide bonds. The molecular formula is C12H17F3N2O3. The Morgan fingerprint density at radius 3 is 2.75 bits per heavy atom. The Hall–Kier alpha value is -1.57. The van der Waals surface area contributed by atoms with Crippen LogP contribution in [-0.2, 0) is 23.1 Å². The Bertz CT molecular complexity index is 444. The maximum absolute atomic E-state index is 11.9. The highest BCUT2D eigenvalue weighted by molar-refractivity contribution is 5.90. The fraction of sp³-hybridized carbons (Fsp3) is 0.667. The van der Waals surface area contributed by atoms with E-state index in [-0.39, 0.29) is 31.8 Å². The summed E-state index contributed by atoms with van der Waals surface area (Å²) in [5.41, 5.74) is 0.751. The van der Waals surface area contributed by atoms with E-state index in [2.05, 4.69) is 5.10 Å². The van der Waals surface area contributed by atoms with Crippen molar-refractivity contribution < 1.29 is 27.4 Å². The highest BCUT2D eigenvalue weighted by Crippen LogP contribution is 2.21. The summed E-state index contributed by atoms with van der Waals surface area (Å²) >= 11 is 0. The zero-order valence-electron chi connectivity index (χ0n) is 11.4. The van der Waals surface area contributed by atoms with Gasteiger partial charge in [0.2, 0.25) is 0 Å². The molecule has 0 unspecified atom stereocenters. The molecule has 0 N–H and O–H groups in total. The van der Waals surface area contributed by atoms with Gasteiger partial charge in [-0.15, -0.1) is 0 Å². The maximum Gasteiger partial charge on any atom is 0.389 e. The summed E-state index contributed by atoms with van der Waals surface area (Å²) in [5, 5.41) is 3.91. The SMILES string of the molecule is CCOC(=O)c1cnn(C)c1COCCCC(F)(F)F. The molecule has 0 atom stereocenters. The number of ether oxygens (including phenoxy) is 2. The van der Waals surface area contributed by atoms with Crippen molar-refractivity contribution in [3.8, 4) is 0 Å². The number of esters is 1. The minimum absolute atomic E-state index is 0.0164. The van der Waals surface area contributed by atoms with Crippen LogP contribution in [0.4, 0.5) is 13.2 Å². The Morgan fingerprint density at radius 1 is 1.45 bits per heavy atom. The summed E-state index contributed by atoms with van der Waals surface area (Å²) in [7, 11) is 1.62. The number of carbonyl (C=O) groups is 1. The van der Waals surface area contributed by atoms with Crippen molar-refractivity contribution in [2.75, 3.05) is 13.2 Å². The van der Waals surface area contributed by atoms with Gasteiger partial charge in [0.15, 0.2) is 0 Å². The molecule has 0 spiro atoms. The largest absolute Gasteiger partial charge is 0.462 e. The minimum atomic E-state index is -4.17. The molecule has 0 saturated heterocycles. The van der Waals surface area contributed by atoms with Gasteiger partial charge in [-0.25, -0.2) is 4.79 Å². The molecule has 0 aliphatic carbocycles. The van der Waals surface area contributed by atoms with E-state index < -0.39 is 18.6 Å². The molecule has 1 rings (SSSR count). The van der Waals surface area contributed by atoms with Gasteiger partial charge in [-0.3, -0.25) is 4.68 Å². The second-order valence-corrected chi connectivity index (χ2v) is 4.12. The van der Waals surface area contributed by atoms with Crippen LogP contribution in [0.15, 0.2) is 6.20 Å². The Balaban J connectivity index is 2.47. The molecule has 114 valence electrons. The normalized spacial score (nSPS) is 11.7. The lowest BCUT2D eigenvalue weighted by atomic mass is 10.2. The van der Waals surface area contributed by atoms with E-state index in [1.807, 2.05) is 0 Å². The molecule has 0 aliphatic rings. The molecule has 8 heteroatoms. The number of halogens is 3. The summed E-state index contributed by atoms with van der Waals surface area (Å²) < 4.78 is 47.3. The molecule has 0 aliphatic heterocycles. The third-order valence-electron chi connectivity index (χ3n) is 2.54. The summed E-state index contributed by atoms with van der Waals surface area (Å²) in [5.74, 6) is -0.519. The number of nitrogens with zero attached hydrogens (tertiary/aromatic N) is 2. The summed E-state index contributed by atoms with van der Waals surface area (Å²) in [6.45, 7) is 1.90. The van der Waals surface area contributed by atoms with E-state index in [0.29, 0.717) is 5.69 Å². The first-order valence-electron chi connectivity index (χ1n) is 6.17. The van der Waals surface area contributed by atoms with Crippen molar-refractivity contribution in [3.63, 3.8) is 0 Å². The fourth-order valence-electron chi connectivity index (χ4n) is 1.56. The summed E-state index contributed by atoms with van der Waals surface area (Å²) in [4.78, 5) is 11.6. The molecule has 0 radical (unpaired) electrons. The number of rotatable bonds is 7. The van der Waals surface area contributed by atoms with Crippen LogP contribution in [0.2, 0.25) is 0 Å². The van der Waals surface area contributed by atoms with E-state index in [9.17, 15) is 18.0 Å². The van der Waals surface area contributed by atoms with Crippen molar-refractivity contribution in [1.29, 1.82) is 0 Å². The maximum atomic E-state index is 11.9. The third kappa shape index (κ3) is 5.20. The van der Waals surface area contributed by atoms with Gasteiger partial charge in [0.05, 0.1) is 25.1 Å². The van der Waals surface area contributed by atoms with Gasteiger partial charge in [0, 0.05) is 20.1 Å². The number of aryl methyl sites for hydroxylation is 1. The van der Waals surface area contributed by atoms with Gasteiger partial charge in [-0.05, 0) is 13.3 Å². The van der Waals surface area contributed by atoms with E-state index in [0.717, 1.165) is 0 Å². The van der Waals surface area contributed by atoms with Crippen LogP contribution in [-0.4, -0.2) is 35.1 Å². The number of hydrogen-bond donors (Lipinski definition) is 0. The van der Waals surface area contributed by atoms with Crippen LogP contribution in [0.5, 0.6) is 0 Å². The molecule has 1 heterocycles. The number of alkyl halides is 3. The lowest BCUT2D eigenvalue weighted by Crippen LogP contribution is -2.12. The molecule has 0 aromatic carbocycles. The van der Waals surface area contributed by atoms with E-state index >= 15 is 0 Å². The van der Waals surface area contributed by atoms with Gasteiger partial charge in [-0.1, -0.05) is 0 Å². The zero-order chi connectivity index (χ0) is 15.2. The van der Waals surface area contributed by atoms with Gasteiger partial charge in [0.25, 0.3) is 0 Å². The molecule has 0 fully saturated rings. The number of aromatic nitrogens is 2. The Morgan fingerprint density at radius 2 is 2.15 bits per heavy atom.